The van der Waals surface area contributed by atoms with Gasteiger partial charge in [-0.1, -0.05) is 6.42 Å². The van der Waals surface area contributed by atoms with Gasteiger partial charge in [-0.05, 0) is 44.4 Å². The fourth-order valence-electron chi connectivity index (χ4n) is 2.54. The van der Waals surface area contributed by atoms with Crippen LogP contribution in [0.15, 0.2) is 16.9 Å². The van der Waals surface area contributed by atoms with Crippen molar-refractivity contribution in [3.8, 4) is 10.6 Å². The zero-order valence-electron chi connectivity index (χ0n) is 10.7. The number of aromatic nitrogens is 1. The molecule has 0 amide bonds. The van der Waals surface area contributed by atoms with E-state index < -0.39 is 0 Å². The average Bonchev–Trinajstić information content (AvgIpc) is 2.92. The molecule has 4 heteroatoms. The van der Waals surface area contributed by atoms with Crippen molar-refractivity contribution in [2.45, 2.75) is 38.6 Å². The Bertz CT molecular complexity index is 506. The number of fused-ring (bicyclic) bond motifs is 1. The SMILES string of the molecule is CNCc1ncoc1-c1cc2c(s1)CCCCC2. The Labute approximate surface area is 111 Å². The lowest BCUT2D eigenvalue weighted by atomic mass is 10.1. The molecule has 0 atom stereocenters. The Morgan fingerprint density at radius 1 is 1.33 bits per heavy atom. The third kappa shape index (κ3) is 2.22. The average molecular weight is 262 g/mol. The summed E-state index contributed by atoms with van der Waals surface area (Å²) in [6, 6.07) is 2.31. The highest BCUT2D eigenvalue weighted by atomic mass is 32.1. The molecule has 0 aliphatic heterocycles. The van der Waals surface area contributed by atoms with Gasteiger partial charge in [0.1, 0.15) is 5.69 Å². The summed E-state index contributed by atoms with van der Waals surface area (Å²) in [5.74, 6) is 0.947. The van der Waals surface area contributed by atoms with E-state index in [0.717, 1.165) is 18.0 Å². The minimum absolute atomic E-state index is 0.758. The maximum Gasteiger partial charge on any atom is 0.181 e. The molecule has 2 heterocycles. The van der Waals surface area contributed by atoms with Gasteiger partial charge >= 0.3 is 0 Å². The molecule has 0 fully saturated rings. The molecule has 1 aliphatic carbocycles. The summed E-state index contributed by atoms with van der Waals surface area (Å²) in [6.07, 6.45) is 8.02. The summed E-state index contributed by atoms with van der Waals surface area (Å²) in [7, 11) is 1.93. The molecule has 0 unspecified atom stereocenters. The van der Waals surface area contributed by atoms with Crippen LogP contribution in [-0.4, -0.2) is 12.0 Å². The Morgan fingerprint density at radius 2 is 2.22 bits per heavy atom. The van der Waals surface area contributed by atoms with Crippen molar-refractivity contribution in [3.63, 3.8) is 0 Å². The molecule has 2 aromatic rings. The monoisotopic (exact) mass is 262 g/mol. The van der Waals surface area contributed by atoms with E-state index >= 15 is 0 Å². The largest absolute Gasteiger partial charge is 0.442 e. The molecule has 0 bridgehead atoms. The summed E-state index contributed by atoms with van der Waals surface area (Å²) in [5.41, 5.74) is 2.54. The molecule has 0 saturated carbocycles. The van der Waals surface area contributed by atoms with Crippen LogP contribution >= 0.6 is 11.3 Å². The van der Waals surface area contributed by atoms with Crippen LogP contribution < -0.4 is 5.32 Å². The van der Waals surface area contributed by atoms with Crippen LogP contribution in [-0.2, 0) is 19.4 Å². The number of hydrogen-bond acceptors (Lipinski definition) is 4. The number of nitrogens with zero attached hydrogens (tertiary/aromatic N) is 1. The van der Waals surface area contributed by atoms with Crippen LogP contribution in [0.2, 0.25) is 0 Å². The lowest BCUT2D eigenvalue weighted by molar-refractivity contribution is 0.571. The number of rotatable bonds is 3. The highest BCUT2D eigenvalue weighted by Crippen LogP contribution is 2.36. The van der Waals surface area contributed by atoms with Gasteiger partial charge in [0.05, 0.1) is 4.88 Å². The third-order valence-electron chi connectivity index (χ3n) is 3.46. The maximum absolute atomic E-state index is 5.57. The minimum Gasteiger partial charge on any atom is -0.442 e. The Kier molecular flexibility index (Phi) is 3.48. The zero-order chi connectivity index (χ0) is 12.4. The van der Waals surface area contributed by atoms with E-state index in [2.05, 4.69) is 16.4 Å². The van der Waals surface area contributed by atoms with Crippen molar-refractivity contribution in [1.82, 2.24) is 10.3 Å². The lowest BCUT2D eigenvalue weighted by Crippen LogP contribution is -2.05. The summed E-state index contributed by atoms with van der Waals surface area (Å²) < 4.78 is 5.57. The molecule has 3 nitrogen and oxygen atoms in total. The highest BCUT2D eigenvalue weighted by Gasteiger charge is 2.17. The molecule has 96 valence electrons. The third-order valence-corrected chi connectivity index (χ3v) is 4.69. The van der Waals surface area contributed by atoms with Crippen molar-refractivity contribution in [1.29, 1.82) is 0 Å². The van der Waals surface area contributed by atoms with E-state index in [-0.39, 0.29) is 0 Å². The Morgan fingerprint density at radius 3 is 3.11 bits per heavy atom. The van der Waals surface area contributed by atoms with Crippen LogP contribution in [0.5, 0.6) is 0 Å². The predicted octanol–water partition coefficient (Wildman–Crippen LogP) is 3.39. The van der Waals surface area contributed by atoms with Gasteiger partial charge < -0.3 is 9.73 Å². The molecule has 1 N–H and O–H groups in total. The number of thiophene rings is 1. The highest BCUT2D eigenvalue weighted by molar-refractivity contribution is 7.15. The molecule has 0 saturated heterocycles. The summed E-state index contributed by atoms with van der Waals surface area (Å²) in [6.45, 7) is 0.758. The Hall–Kier alpha value is -1.13. The Balaban J connectivity index is 1.94. The molecule has 3 rings (SSSR count). The van der Waals surface area contributed by atoms with Gasteiger partial charge in [0.25, 0.3) is 0 Å². The fourth-order valence-corrected chi connectivity index (χ4v) is 3.81. The topological polar surface area (TPSA) is 38.1 Å². The second kappa shape index (κ2) is 5.24. The second-order valence-corrected chi connectivity index (χ2v) is 5.91. The van der Waals surface area contributed by atoms with Crippen molar-refractivity contribution >= 4 is 11.3 Å². The number of oxazole rings is 1. The lowest BCUT2D eigenvalue weighted by Gasteiger charge is -1.97. The van der Waals surface area contributed by atoms with E-state index in [0.29, 0.717) is 0 Å². The van der Waals surface area contributed by atoms with E-state index in [1.165, 1.54) is 42.5 Å². The number of nitrogens with one attached hydrogen (secondary N) is 1. The van der Waals surface area contributed by atoms with Gasteiger partial charge in [-0.2, -0.15) is 0 Å². The van der Waals surface area contributed by atoms with Crippen LogP contribution in [0, 0.1) is 0 Å². The van der Waals surface area contributed by atoms with Crippen LogP contribution in [0.1, 0.15) is 35.4 Å². The van der Waals surface area contributed by atoms with E-state index in [9.17, 15) is 0 Å². The molecule has 2 aromatic heterocycles. The standard InChI is InChI=1S/C14H18N2OS/c1-15-8-11-14(17-9-16-11)13-7-10-5-3-2-4-6-12(10)18-13/h7,9,15H,2-6,8H2,1H3. The number of aryl methyl sites for hydroxylation is 2. The molecule has 0 aromatic carbocycles. The predicted molar refractivity (Wildman–Crippen MR) is 73.8 cm³/mol. The van der Waals surface area contributed by atoms with Crippen molar-refractivity contribution < 1.29 is 4.42 Å². The van der Waals surface area contributed by atoms with E-state index in [1.807, 2.05) is 18.4 Å². The smallest absolute Gasteiger partial charge is 0.181 e. The first kappa shape index (κ1) is 11.9. The van der Waals surface area contributed by atoms with Crippen LogP contribution in [0.25, 0.3) is 10.6 Å². The first-order valence-electron chi connectivity index (χ1n) is 6.57. The first-order chi connectivity index (χ1) is 8.88. The normalized spacial score (nSPS) is 15.4. The maximum atomic E-state index is 5.57. The van der Waals surface area contributed by atoms with Gasteiger partial charge in [0.2, 0.25) is 0 Å². The van der Waals surface area contributed by atoms with Gasteiger partial charge in [0.15, 0.2) is 12.2 Å². The van der Waals surface area contributed by atoms with Crippen molar-refractivity contribution in [3.05, 3.63) is 28.6 Å². The van der Waals surface area contributed by atoms with E-state index in [4.69, 9.17) is 4.42 Å². The molecule has 1 aliphatic rings. The summed E-state index contributed by atoms with van der Waals surface area (Å²) in [5, 5.41) is 3.13. The van der Waals surface area contributed by atoms with Gasteiger partial charge in [0, 0.05) is 11.4 Å². The summed E-state index contributed by atoms with van der Waals surface area (Å²) in [4.78, 5) is 7.08. The quantitative estimate of drug-likeness (QED) is 0.862. The molecule has 0 radical (unpaired) electrons. The van der Waals surface area contributed by atoms with Crippen molar-refractivity contribution in [2.24, 2.45) is 0 Å². The summed E-state index contributed by atoms with van der Waals surface area (Å²) >= 11 is 1.88. The molecule has 18 heavy (non-hydrogen) atoms. The number of hydrogen-bond donors (Lipinski definition) is 1. The fraction of sp³-hybridized carbons (Fsp3) is 0.500. The van der Waals surface area contributed by atoms with Crippen LogP contribution in [0.4, 0.5) is 0 Å². The zero-order valence-corrected chi connectivity index (χ0v) is 11.5. The molecule has 0 spiro atoms. The van der Waals surface area contributed by atoms with Gasteiger partial charge in [-0.15, -0.1) is 11.3 Å². The minimum atomic E-state index is 0.758. The molecular formula is C14H18N2OS. The molecular weight excluding hydrogens is 244 g/mol. The second-order valence-electron chi connectivity index (χ2n) is 4.78. The van der Waals surface area contributed by atoms with E-state index in [1.54, 1.807) is 11.3 Å². The van der Waals surface area contributed by atoms with Crippen LogP contribution in [0.3, 0.4) is 0 Å². The van der Waals surface area contributed by atoms with Crippen molar-refractivity contribution in [2.75, 3.05) is 7.05 Å². The van der Waals surface area contributed by atoms with Gasteiger partial charge in [-0.25, -0.2) is 4.98 Å². The van der Waals surface area contributed by atoms with Gasteiger partial charge in [-0.3, -0.25) is 0 Å². The first-order valence-corrected chi connectivity index (χ1v) is 7.39.